The Morgan fingerprint density at radius 2 is 1.75 bits per heavy atom. The first-order valence-electron chi connectivity index (χ1n) is 9.61. The Morgan fingerprint density at radius 1 is 1.00 bits per heavy atom. The van der Waals surface area contributed by atoms with Crippen molar-refractivity contribution in [2.75, 3.05) is 11.1 Å². The van der Waals surface area contributed by atoms with E-state index in [1.165, 1.54) is 30.0 Å². The van der Waals surface area contributed by atoms with Gasteiger partial charge in [0.2, 0.25) is 5.91 Å². The maximum absolute atomic E-state index is 13.3. The van der Waals surface area contributed by atoms with Gasteiger partial charge in [-0.15, -0.1) is 10.2 Å². The Kier molecular flexibility index (Phi) is 7.09. The van der Waals surface area contributed by atoms with E-state index >= 15 is 0 Å². The minimum atomic E-state index is -0.541. The van der Waals surface area contributed by atoms with Gasteiger partial charge in [-0.3, -0.25) is 9.36 Å². The second-order valence-electron chi connectivity index (χ2n) is 6.84. The normalized spacial score (nSPS) is 10.8. The van der Waals surface area contributed by atoms with E-state index < -0.39 is 5.82 Å². The zero-order valence-electron chi connectivity index (χ0n) is 16.6. The molecule has 1 N–H and O–H groups in total. The van der Waals surface area contributed by atoms with Gasteiger partial charge in [0.15, 0.2) is 5.16 Å². The van der Waals surface area contributed by atoms with Gasteiger partial charge < -0.3 is 5.32 Å². The van der Waals surface area contributed by atoms with E-state index in [-0.39, 0.29) is 16.7 Å². The molecule has 0 aliphatic carbocycles. The molecule has 0 bridgehead atoms. The average molecular weight is 487 g/mol. The number of aromatic nitrogens is 3. The van der Waals surface area contributed by atoms with Gasteiger partial charge in [-0.1, -0.05) is 65.3 Å². The standard InChI is InChI=1S/C23H17Cl2FN4OS/c24-16-6-9-18(10-7-16)30-21(12-15-4-2-1-3-5-15)28-29-23(30)32-14-22(31)27-17-8-11-20(26)19(25)13-17/h1-11,13H,12,14H2,(H,27,31). The molecule has 0 aliphatic rings. The van der Waals surface area contributed by atoms with Crippen LogP contribution in [0.25, 0.3) is 5.69 Å². The summed E-state index contributed by atoms with van der Waals surface area (Å²) in [5, 5.41) is 12.5. The summed E-state index contributed by atoms with van der Waals surface area (Å²) >= 11 is 13.1. The molecule has 162 valence electrons. The van der Waals surface area contributed by atoms with Crippen LogP contribution < -0.4 is 5.32 Å². The summed E-state index contributed by atoms with van der Waals surface area (Å²) in [6.07, 6.45) is 0.581. The van der Waals surface area contributed by atoms with Gasteiger partial charge >= 0.3 is 0 Å². The highest BCUT2D eigenvalue weighted by atomic mass is 35.5. The molecule has 4 rings (SSSR count). The number of hydrogen-bond donors (Lipinski definition) is 1. The lowest BCUT2D eigenvalue weighted by Crippen LogP contribution is -2.14. The molecule has 0 fully saturated rings. The Labute approximate surface area is 198 Å². The molecule has 32 heavy (non-hydrogen) atoms. The summed E-state index contributed by atoms with van der Waals surface area (Å²) in [4.78, 5) is 12.4. The summed E-state index contributed by atoms with van der Waals surface area (Å²) in [6, 6.07) is 21.3. The van der Waals surface area contributed by atoms with Crippen LogP contribution in [0.1, 0.15) is 11.4 Å². The van der Waals surface area contributed by atoms with Crippen LogP contribution in [0.15, 0.2) is 78.0 Å². The Bertz CT molecular complexity index is 1230. The van der Waals surface area contributed by atoms with Crippen LogP contribution in [0.3, 0.4) is 0 Å². The fourth-order valence-electron chi connectivity index (χ4n) is 3.04. The number of rotatable bonds is 7. The van der Waals surface area contributed by atoms with E-state index in [2.05, 4.69) is 15.5 Å². The Balaban J connectivity index is 1.54. The number of carbonyl (C=O) groups excluding carboxylic acids is 1. The van der Waals surface area contributed by atoms with Crippen LogP contribution in [0.2, 0.25) is 10.0 Å². The zero-order valence-corrected chi connectivity index (χ0v) is 19.0. The number of anilines is 1. The molecule has 5 nitrogen and oxygen atoms in total. The Morgan fingerprint density at radius 3 is 2.47 bits per heavy atom. The van der Waals surface area contributed by atoms with Gasteiger partial charge in [0.05, 0.1) is 10.8 Å². The number of thioether (sulfide) groups is 1. The van der Waals surface area contributed by atoms with E-state index in [0.717, 1.165) is 17.1 Å². The number of nitrogens with one attached hydrogen (secondary N) is 1. The fourth-order valence-corrected chi connectivity index (χ4v) is 4.11. The van der Waals surface area contributed by atoms with Crippen molar-refractivity contribution in [1.29, 1.82) is 0 Å². The second-order valence-corrected chi connectivity index (χ2v) is 8.62. The minimum Gasteiger partial charge on any atom is -0.325 e. The number of hydrogen-bond acceptors (Lipinski definition) is 4. The lowest BCUT2D eigenvalue weighted by atomic mass is 10.1. The second kappa shape index (κ2) is 10.2. The Hall–Kier alpha value is -2.87. The summed E-state index contributed by atoms with van der Waals surface area (Å²) in [7, 11) is 0. The van der Waals surface area contributed by atoms with Crippen molar-refractivity contribution >= 4 is 46.6 Å². The number of carbonyl (C=O) groups is 1. The van der Waals surface area contributed by atoms with Gasteiger partial charge in [-0.05, 0) is 48.0 Å². The first kappa shape index (κ1) is 22.3. The molecule has 9 heteroatoms. The first-order valence-corrected chi connectivity index (χ1v) is 11.4. The number of benzene rings is 3. The topological polar surface area (TPSA) is 59.8 Å². The van der Waals surface area contributed by atoms with E-state index in [0.29, 0.717) is 22.3 Å². The summed E-state index contributed by atoms with van der Waals surface area (Å²) in [6.45, 7) is 0. The van der Waals surface area contributed by atoms with E-state index in [4.69, 9.17) is 23.2 Å². The number of halogens is 3. The summed E-state index contributed by atoms with van der Waals surface area (Å²) in [5.74, 6) is 0.0206. The van der Waals surface area contributed by atoms with Crippen molar-refractivity contribution in [2.24, 2.45) is 0 Å². The highest BCUT2D eigenvalue weighted by Crippen LogP contribution is 2.25. The summed E-state index contributed by atoms with van der Waals surface area (Å²) in [5.41, 5.74) is 2.36. The molecular weight excluding hydrogens is 470 g/mol. The zero-order chi connectivity index (χ0) is 22.5. The fraction of sp³-hybridized carbons (Fsp3) is 0.0870. The largest absolute Gasteiger partial charge is 0.325 e. The highest BCUT2D eigenvalue weighted by molar-refractivity contribution is 7.99. The van der Waals surface area contributed by atoms with Gasteiger partial charge in [-0.2, -0.15) is 0 Å². The predicted octanol–water partition coefficient (Wildman–Crippen LogP) is 6.03. The third kappa shape index (κ3) is 5.48. The maximum atomic E-state index is 13.3. The first-order chi connectivity index (χ1) is 15.5. The van der Waals surface area contributed by atoms with Gasteiger partial charge in [0, 0.05) is 22.8 Å². The lowest BCUT2D eigenvalue weighted by Gasteiger charge is -2.11. The molecule has 1 aromatic heterocycles. The molecule has 0 saturated carbocycles. The monoisotopic (exact) mass is 486 g/mol. The molecule has 0 aliphatic heterocycles. The molecule has 0 atom stereocenters. The smallest absolute Gasteiger partial charge is 0.234 e. The predicted molar refractivity (Wildman–Crippen MR) is 126 cm³/mol. The third-order valence-electron chi connectivity index (χ3n) is 4.53. The number of nitrogens with zero attached hydrogens (tertiary/aromatic N) is 3. The molecular formula is C23H17Cl2FN4OS. The van der Waals surface area contributed by atoms with E-state index in [9.17, 15) is 9.18 Å². The van der Waals surface area contributed by atoms with E-state index in [1.54, 1.807) is 12.1 Å². The van der Waals surface area contributed by atoms with Crippen molar-refractivity contribution in [3.63, 3.8) is 0 Å². The van der Waals surface area contributed by atoms with Gasteiger partial charge in [-0.25, -0.2) is 4.39 Å². The molecule has 0 unspecified atom stereocenters. The van der Waals surface area contributed by atoms with Crippen LogP contribution in [-0.4, -0.2) is 26.4 Å². The van der Waals surface area contributed by atoms with Crippen LogP contribution in [-0.2, 0) is 11.2 Å². The van der Waals surface area contributed by atoms with Crippen molar-refractivity contribution in [3.8, 4) is 5.69 Å². The maximum Gasteiger partial charge on any atom is 0.234 e. The molecule has 1 heterocycles. The van der Waals surface area contributed by atoms with Gasteiger partial charge in [0.1, 0.15) is 11.6 Å². The number of amides is 1. The van der Waals surface area contributed by atoms with Crippen molar-refractivity contribution in [1.82, 2.24) is 14.8 Å². The molecule has 4 aromatic rings. The summed E-state index contributed by atoms with van der Waals surface area (Å²) < 4.78 is 15.2. The molecule has 0 radical (unpaired) electrons. The quantitative estimate of drug-likeness (QED) is 0.323. The van der Waals surface area contributed by atoms with Crippen molar-refractivity contribution in [3.05, 3.63) is 100 Å². The molecule has 0 saturated heterocycles. The van der Waals surface area contributed by atoms with Gasteiger partial charge in [0.25, 0.3) is 0 Å². The lowest BCUT2D eigenvalue weighted by molar-refractivity contribution is -0.113. The highest BCUT2D eigenvalue weighted by Gasteiger charge is 2.17. The third-order valence-corrected chi connectivity index (χ3v) is 6.00. The molecule has 3 aromatic carbocycles. The van der Waals surface area contributed by atoms with Crippen molar-refractivity contribution < 1.29 is 9.18 Å². The van der Waals surface area contributed by atoms with Crippen LogP contribution in [0.4, 0.5) is 10.1 Å². The van der Waals surface area contributed by atoms with E-state index in [1.807, 2.05) is 47.0 Å². The average Bonchev–Trinajstić information content (AvgIpc) is 3.18. The minimum absolute atomic E-state index is 0.0523. The SMILES string of the molecule is O=C(CSc1nnc(Cc2ccccc2)n1-c1ccc(Cl)cc1)Nc1ccc(F)c(Cl)c1. The van der Waals surface area contributed by atoms with Crippen LogP contribution in [0.5, 0.6) is 0 Å². The molecule has 1 amide bonds. The van der Waals surface area contributed by atoms with Crippen LogP contribution in [0, 0.1) is 5.82 Å². The van der Waals surface area contributed by atoms with Crippen LogP contribution >= 0.6 is 35.0 Å². The molecule has 0 spiro atoms. The van der Waals surface area contributed by atoms with Crippen molar-refractivity contribution in [2.45, 2.75) is 11.6 Å².